The third-order valence-electron chi connectivity index (χ3n) is 5.06. The van der Waals surface area contributed by atoms with E-state index in [1.165, 1.54) is 13.3 Å². The molecule has 0 radical (unpaired) electrons. The van der Waals surface area contributed by atoms with E-state index in [9.17, 15) is 13.2 Å². The van der Waals surface area contributed by atoms with Gasteiger partial charge in [0.1, 0.15) is 11.6 Å². The topological polar surface area (TPSA) is 128 Å². The van der Waals surface area contributed by atoms with E-state index in [1.54, 1.807) is 28.6 Å². The number of methoxy groups -OCH3 is 1. The summed E-state index contributed by atoms with van der Waals surface area (Å²) in [6, 6.07) is 6.92. The highest BCUT2D eigenvalue weighted by molar-refractivity contribution is 7.89. The first kappa shape index (κ1) is 22.0. The number of nitrogens with zero attached hydrogens (tertiary/aromatic N) is 3. The van der Waals surface area contributed by atoms with E-state index in [0.717, 1.165) is 0 Å². The van der Waals surface area contributed by atoms with Crippen LogP contribution in [0.3, 0.4) is 0 Å². The highest BCUT2D eigenvalue weighted by Crippen LogP contribution is 2.24. The Balaban J connectivity index is 1.66. The van der Waals surface area contributed by atoms with Crippen molar-refractivity contribution >= 4 is 27.6 Å². The Bertz CT molecular complexity index is 1000. The number of carbonyl (C=O) groups excluding carboxylic acids is 1. The molecule has 0 unspecified atom stereocenters. The first-order valence-corrected chi connectivity index (χ1v) is 11.5. The number of anilines is 2. The standard InChI is InChI=1S/C20H27N5O4S/c1-3-12-30(27,28)25-10-8-14(9-11-25)23-20-22-13-16(19(21)24-20)18(26)15-6-4-5-7-17(15)29-2/h4-7,13-14H,3,8-12H2,1-2H3,(H3,21,22,23,24). The number of hydrogen-bond acceptors (Lipinski definition) is 8. The maximum Gasteiger partial charge on any atom is 0.224 e. The average Bonchev–Trinajstić information content (AvgIpc) is 2.74. The van der Waals surface area contributed by atoms with Crippen LogP contribution in [0.1, 0.15) is 42.1 Å². The molecule has 162 valence electrons. The van der Waals surface area contributed by atoms with Crippen molar-refractivity contribution in [2.75, 3.05) is 37.0 Å². The molecule has 1 aromatic carbocycles. The molecule has 1 fully saturated rings. The highest BCUT2D eigenvalue weighted by atomic mass is 32.2. The molecule has 9 nitrogen and oxygen atoms in total. The zero-order valence-corrected chi connectivity index (χ0v) is 18.0. The van der Waals surface area contributed by atoms with Gasteiger partial charge in [0, 0.05) is 25.3 Å². The van der Waals surface area contributed by atoms with Crippen LogP contribution in [0.2, 0.25) is 0 Å². The molecule has 0 spiro atoms. The Hall–Kier alpha value is -2.72. The Kier molecular flexibility index (Phi) is 6.88. The average molecular weight is 434 g/mol. The number of ketones is 1. The molecule has 0 saturated carbocycles. The molecule has 3 N–H and O–H groups in total. The van der Waals surface area contributed by atoms with Crippen molar-refractivity contribution < 1.29 is 17.9 Å². The van der Waals surface area contributed by atoms with Crippen LogP contribution < -0.4 is 15.8 Å². The summed E-state index contributed by atoms with van der Waals surface area (Å²) in [6.07, 6.45) is 3.30. The molecule has 0 bridgehead atoms. The predicted octanol–water partition coefficient (Wildman–Crippen LogP) is 1.91. The van der Waals surface area contributed by atoms with Gasteiger partial charge in [0.25, 0.3) is 0 Å². The van der Waals surface area contributed by atoms with Crippen LogP contribution in [0.5, 0.6) is 5.75 Å². The normalized spacial score (nSPS) is 15.7. The Morgan fingerprint density at radius 1 is 1.27 bits per heavy atom. The van der Waals surface area contributed by atoms with E-state index in [-0.39, 0.29) is 29.0 Å². The first-order valence-electron chi connectivity index (χ1n) is 9.90. The molecule has 1 saturated heterocycles. The number of carbonyl (C=O) groups is 1. The van der Waals surface area contributed by atoms with Crippen LogP contribution in [0.25, 0.3) is 0 Å². The molecular weight excluding hydrogens is 406 g/mol. The Morgan fingerprint density at radius 3 is 2.60 bits per heavy atom. The molecule has 30 heavy (non-hydrogen) atoms. The maximum absolute atomic E-state index is 12.8. The molecule has 10 heteroatoms. The SMILES string of the molecule is CCCS(=O)(=O)N1CCC(Nc2ncc(C(=O)c3ccccc3OC)c(N)n2)CC1. The lowest BCUT2D eigenvalue weighted by Crippen LogP contribution is -2.43. The van der Waals surface area contributed by atoms with Crippen LogP contribution >= 0.6 is 0 Å². The summed E-state index contributed by atoms with van der Waals surface area (Å²) in [5, 5.41) is 3.19. The van der Waals surface area contributed by atoms with Crippen LogP contribution in [0, 0.1) is 0 Å². The van der Waals surface area contributed by atoms with Gasteiger partial charge in [0.05, 0.1) is 24.0 Å². The molecule has 2 aromatic rings. The number of hydrogen-bond donors (Lipinski definition) is 2. The summed E-state index contributed by atoms with van der Waals surface area (Å²) in [6.45, 7) is 2.77. The number of nitrogens with one attached hydrogen (secondary N) is 1. The fourth-order valence-electron chi connectivity index (χ4n) is 3.46. The number of para-hydroxylation sites is 1. The van der Waals surface area contributed by atoms with Gasteiger partial charge in [-0.15, -0.1) is 0 Å². The number of benzene rings is 1. The molecule has 0 aliphatic carbocycles. The fraction of sp³-hybridized carbons (Fsp3) is 0.450. The lowest BCUT2D eigenvalue weighted by atomic mass is 10.0. The summed E-state index contributed by atoms with van der Waals surface area (Å²) in [4.78, 5) is 21.3. The van der Waals surface area contributed by atoms with Gasteiger partial charge in [-0.2, -0.15) is 4.98 Å². The molecule has 0 amide bonds. The molecular formula is C20H27N5O4S. The lowest BCUT2D eigenvalue weighted by Gasteiger charge is -2.31. The second-order valence-corrected chi connectivity index (χ2v) is 9.24. The quantitative estimate of drug-likeness (QED) is 0.604. The van der Waals surface area contributed by atoms with Crippen molar-refractivity contribution in [3.05, 3.63) is 41.6 Å². The molecule has 1 aliphatic heterocycles. The Labute approximate surface area is 176 Å². The van der Waals surface area contributed by atoms with Gasteiger partial charge in [0.15, 0.2) is 0 Å². The van der Waals surface area contributed by atoms with Crippen LogP contribution in [-0.2, 0) is 10.0 Å². The zero-order valence-electron chi connectivity index (χ0n) is 17.2. The van der Waals surface area contributed by atoms with E-state index in [1.807, 2.05) is 6.92 Å². The number of aromatic nitrogens is 2. The van der Waals surface area contributed by atoms with E-state index in [0.29, 0.717) is 49.6 Å². The van der Waals surface area contributed by atoms with Crippen molar-refractivity contribution in [3.63, 3.8) is 0 Å². The minimum absolute atomic E-state index is 0.0354. The van der Waals surface area contributed by atoms with Gasteiger partial charge in [-0.3, -0.25) is 4.79 Å². The molecule has 0 atom stereocenters. The minimum Gasteiger partial charge on any atom is -0.496 e. The number of rotatable bonds is 8. The van der Waals surface area contributed by atoms with Crippen molar-refractivity contribution in [2.45, 2.75) is 32.2 Å². The van der Waals surface area contributed by atoms with Crippen LogP contribution in [0.4, 0.5) is 11.8 Å². The van der Waals surface area contributed by atoms with Crippen molar-refractivity contribution in [1.82, 2.24) is 14.3 Å². The van der Waals surface area contributed by atoms with Gasteiger partial charge >= 0.3 is 0 Å². The number of piperidine rings is 1. The van der Waals surface area contributed by atoms with E-state index in [4.69, 9.17) is 10.5 Å². The smallest absolute Gasteiger partial charge is 0.224 e. The minimum atomic E-state index is -3.18. The molecule has 3 rings (SSSR count). The molecule has 1 aliphatic rings. The van der Waals surface area contributed by atoms with Crippen molar-refractivity contribution in [3.8, 4) is 5.75 Å². The monoisotopic (exact) mass is 433 g/mol. The Morgan fingerprint density at radius 2 is 1.97 bits per heavy atom. The van der Waals surface area contributed by atoms with Gasteiger partial charge in [0.2, 0.25) is 21.8 Å². The van der Waals surface area contributed by atoms with E-state index >= 15 is 0 Å². The predicted molar refractivity (Wildman–Crippen MR) is 115 cm³/mol. The third-order valence-corrected chi connectivity index (χ3v) is 7.13. The summed E-state index contributed by atoms with van der Waals surface area (Å²) in [7, 11) is -1.68. The number of nitrogen functional groups attached to an aromatic ring is 1. The first-order chi connectivity index (χ1) is 14.4. The maximum atomic E-state index is 12.8. The fourth-order valence-corrected chi connectivity index (χ4v) is 5.01. The van der Waals surface area contributed by atoms with E-state index in [2.05, 4.69) is 15.3 Å². The summed E-state index contributed by atoms with van der Waals surface area (Å²) >= 11 is 0. The van der Waals surface area contributed by atoms with Crippen LogP contribution in [0.15, 0.2) is 30.5 Å². The van der Waals surface area contributed by atoms with Crippen molar-refractivity contribution in [2.24, 2.45) is 0 Å². The second-order valence-electron chi connectivity index (χ2n) is 7.16. The highest BCUT2D eigenvalue weighted by Gasteiger charge is 2.28. The van der Waals surface area contributed by atoms with Gasteiger partial charge in [-0.25, -0.2) is 17.7 Å². The largest absolute Gasteiger partial charge is 0.496 e. The van der Waals surface area contributed by atoms with Gasteiger partial charge < -0.3 is 15.8 Å². The van der Waals surface area contributed by atoms with E-state index < -0.39 is 10.0 Å². The van der Waals surface area contributed by atoms with Gasteiger partial charge in [-0.05, 0) is 31.4 Å². The number of sulfonamides is 1. The summed E-state index contributed by atoms with van der Waals surface area (Å²) < 4.78 is 31.1. The lowest BCUT2D eigenvalue weighted by molar-refractivity contribution is 0.103. The zero-order chi connectivity index (χ0) is 21.7. The van der Waals surface area contributed by atoms with Crippen molar-refractivity contribution in [1.29, 1.82) is 0 Å². The second kappa shape index (κ2) is 9.40. The van der Waals surface area contributed by atoms with Crippen LogP contribution in [-0.4, -0.2) is 60.5 Å². The van der Waals surface area contributed by atoms with Gasteiger partial charge in [-0.1, -0.05) is 19.1 Å². The summed E-state index contributed by atoms with van der Waals surface area (Å²) in [5.41, 5.74) is 6.61. The molecule has 2 heterocycles. The number of nitrogens with two attached hydrogens (primary N) is 1. The summed E-state index contributed by atoms with van der Waals surface area (Å²) in [5.74, 6) is 0.706. The third kappa shape index (κ3) is 4.88. The molecule has 1 aromatic heterocycles. The number of ether oxygens (including phenoxy) is 1.